The number of rotatable bonds is 5. The lowest BCUT2D eigenvalue weighted by atomic mass is 10.1. The van der Waals surface area contributed by atoms with Gasteiger partial charge in [0.1, 0.15) is 6.54 Å². The van der Waals surface area contributed by atoms with Crippen molar-refractivity contribution in [3.05, 3.63) is 0 Å². The molecule has 1 heterocycles. The van der Waals surface area contributed by atoms with Crippen LogP contribution in [0.4, 0.5) is 4.79 Å². The molecule has 2 amide bonds. The molecule has 6 nitrogen and oxygen atoms in total. The first kappa shape index (κ1) is 14.8. The Morgan fingerprint density at radius 2 is 2.11 bits per heavy atom. The van der Waals surface area contributed by atoms with Crippen molar-refractivity contribution in [1.29, 1.82) is 0 Å². The van der Waals surface area contributed by atoms with Crippen LogP contribution in [0.1, 0.15) is 20.3 Å². The molecule has 0 aromatic heterocycles. The molecule has 0 radical (unpaired) electrons. The highest BCUT2D eigenvalue weighted by molar-refractivity contribution is 5.80. The van der Waals surface area contributed by atoms with Gasteiger partial charge in [-0.15, -0.1) is 0 Å². The molecule has 1 rings (SSSR count). The minimum Gasteiger partial charge on any atom is -0.480 e. The molecule has 1 fully saturated rings. The van der Waals surface area contributed by atoms with Crippen LogP contribution in [0.2, 0.25) is 0 Å². The maximum atomic E-state index is 12.3. The van der Waals surface area contributed by atoms with Crippen molar-refractivity contribution < 1.29 is 19.4 Å². The predicted molar refractivity (Wildman–Crippen MR) is 66.4 cm³/mol. The molecule has 1 saturated heterocycles. The summed E-state index contributed by atoms with van der Waals surface area (Å²) in [4.78, 5) is 26.1. The zero-order chi connectivity index (χ0) is 13.7. The molecule has 0 saturated carbocycles. The number of hydrogen-bond donors (Lipinski definition) is 1. The molecular weight excluding hydrogens is 236 g/mol. The number of carbonyl (C=O) groups excluding carboxylic acids is 1. The number of nitrogens with zero attached hydrogens (tertiary/aromatic N) is 2. The average Bonchev–Trinajstić information content (AvgIpc) is 2.62. The molecule has 0 aliphatic carbocycles. The third kappa shape index (κ3) is 3.87. The van der Waals surface area contributed by atoms with Gasteiger partial charge in [-0.3, -0.25) is 4.79 Å². The quantitative estimate of drug-likeness (QED) is 0.794. The van der Waals surface area contributed by atoms with Gasteiger partial charge < -0.3 is 19.6 Å². The zero-order valence-corrected chi connectivity index (χ0v) is 11.3. The smallest absolute Gasteiger partial charge is 0.323 e. The van der Waals surface area contributed by atoms with E-state index in [1.807, 2.05) is 6.92 Å². The normalized spacial score (nSPS) is 23.2. The van der Waals surface area contributed by atoms with E-state index in [1.54, 1.807) is 4.90 Å². The topological polar surface area (TPSA) is 70.1 Å². The monoisotopic (exact) mass is 258 g/mol. The van der Waals surface area contributed by atoms with Crippen molar-refractivity contribution in [3.63, 3.8) is 0 Å². The van der Waals surface area contributed by atoms with E-state index < -0.39 is 5.97 Å². The fourth-order valence-electron chi connectivity index (χ4n) is 2.36. The maximum absolute atomic E-state index is 12.3. The largest absolute Gasteiger partial charge is 0.480 e. The summed E-state index contributed by atoms with van der Waals surface area (Å²) in [6.45, 7) is 5.16. The summed E-state index contributed by atoms with van der Waals surface area (Å²) in [5.74, 6) is -0.530. The molecule has 2 atom stereocenters. The van der Waals surface area contributed by atoms with Gasteiger partial charge >= 0.3 is 12.0 Å². The molecule has 2 unspecified atom stereocenters. The van der Waals surface area contributed by atoms with E-state index in [0.717, 1.165) is 6.42 Å². The molecule has 0 aromatic carbocycles. The summed E-state index contributed by atoms with van der Waals surface area (Å²) >= 11 is 0. The fourth-order valence-corrected chi connectivity index (χ4v) is 2.36. The second-order valence-electron chi connectivity index (χ2n) is 4.93. The number of aliphatic carboxylic acids is 1. The van der Waals surface area contributed by atoms with Gasteiger partial charge in [-0.05, 0) is 19.3 Å². The Kier molecular flexibility index (Phi) is 5.40. The van der Waals surface area contributed by atoms with Crippen LogP contribution < -0.4 is 0 Å². The molecule has 0 aromatic rings. The Labute approximate surface area is 107 Å². The van der Waals surface area contributed by atoms with Gasteiger partial charge in [-0.25, -0.2) is 4.79 Å². The number of hydrogen-bond acceptors (Lipinski definition) is 3. The van der Waals surface area contributed by atoms with Crippen LogP contribution >= 0.6 is 0 Å². The Morgan fingerprint density at radius 3 is 2.56 bits per heavy atom. The average molecular weight is 258 g/mol. The highest BCUT2D eigenvalue weighted by atomic mass is 16.5. The summed E-state index contributed by atoms with van der Waals surface area (Å²) in [5, 5.41) is 8.84. The van der Waals surface area contributed by atoms with Crippen LogP contribution in [0.15, 0.2) is 0 Å². The van der Waals surface area contributed by atoms with E-state index in [2.05, 4.69) is 6.92 Å². The van der Waals surface area contributed by atoms with Crippen molar-refractivity contribution in [1.82, 2.24) is 9.80 Å². The van der Waals surface area contributed by atoms with Crippen molar-refractivity contribution in [2.24, 2.45) is 5.92 Å². The number of amides is 2. The first-order valence-corrected chi connectivity index (χ1v) is 6.22. The van der Waals surface area contributed by atoms with E-state index in [1.165, 1.54) is 12.0 Å². The molecule has 0 spiro atoms. The Hall–Kier alpha value is -1.30. The van der Waals surface area contributed by atoms with Gasteiger partial charge in [0, 0.05) is 26.2 Å². The molecule has 1 aliphatic heterocycles. The van der Waals surface area contributed by atoms with Crippen LogP contribution in [-0.2, 0) is 9.53 Å². The number of carboxylic acid groups (broad SMARTS) is 1. The lowest BCUT2D eigenvalue weighted by Crippen LogP contribution is -2.47. The summed E-state index contributed by atoms with van der Waals surface area (Å²) < 4.78 is 4.91. The first-order valence-electron chi connectivity index (χ1n) is 6.22. The van der Waals surface area contributed by atoms with E-state index in [0.29, 0.717) is 25.6 Å². The van der Waals surface area contributed by atoms with Crippen LogP contribution in [0, 0.1) is 5.92 Å². The van der Waals surface area contributed by atoms with E-state index in [-0.39, 0.29) is 18.6 Å². The molecule has 18 heavy (non-hydrogen) atoms. The number of urea groups is 1. The highest BCUT2D eigenvalue weighted by Gasteiger charge is 2.33. The van der Waals surface area contributed by atoms with Crippen LogP contribution in [0.25, 0.3) is 0 Å². The summed E-state index contributed by atoms with van der Waals surface area (Å²) in [6.07, 6.45) is 0.969. The maximum Gasteiger partial charge on any atom is 0.323 e. The standard InChI is InChI=1S/C12H22N2O4/c1-9-6-10(2)14(7-9)12(17)13(4-5-18-3)8-11(15)16/h9-10H,4-8H2,1-3H3,(H,15,16). The van der Waals surface area contributed by atoms with Crippen LogP contribution in [0.3, 0.4) is 0 Å². The Morgan fingerprint density at radius 1 is 1.44 bits per heavy atom. The Balaban J connectivity index is 2.65. The van der Waals surface area contributed by atoms with Crippen molar-refractivity contribution >= 4 is 12.0 Å². The molecular formula is C12H22N2O4. The van der Waals surface area contributed by atoms with Gasteiger partial charge in [0.15, 0.2) is 0 Å². The predicted octanol–water partition coefficient (Wildman–Crippen LogP) is 0.870. The number of methoxy groups -OCH3 is 1. The number of ether oxygens (including phenoxy) is 1. The lowest BCUT2D eigenvalue weighted by Gasteiger charge is -2.29. The number of carbonyl (C=O) groups is 2. The van der Waals surface area contributed by atoms with Gasteiger partial charge in [-0.2, -0.15) is 0 Å². The van der Waals surface area contributed by atoms with E-state index in [9.17, 15) is 9.59 Å². The van der Waals surface area contributed by atoms with Crippen molar-refractivity contribution in [3.8, 4) is 0 Å². The summed E-state index contributed by atoms with van der Waals surface area (Å²) in [7, 11) is 1.53. The molecule has 1 aliphatic rings. The van der Waals surface area contributed by atoms with Crippen molar-refractivity contribution in [2.45, 2.75) is 26.3 Å². The molecule has 6 heteroatoms. The first-order chi connectivity index (χ1) is 8.45. The highest BCUT2D eigenvalue weighted by Crippen LogP contribution is 2.23. The van der Waals surface area contributed by atoms with Gasteiger partial charge in [0.25, 0.3) is 0 Å². The minimum absolute atomic E-state index is 0.173. The summed E-state index contributed by atoms with van der Waals surface area (Å²) in [5.41, 5.74) is 0. The summed E-state index contributed by atoms with van der Waals surface area (Å²) in [6, 6.07) is -0.0300. The second kappa shape index (κ2) is 6.58. The van der Waals surface area contributed by atoms with E-state index >= 15 is 0 Å². The Bertz CT molecular complexity index is 308. The van der Waals surface area contributed by atoms with Gasteiger partial charge in [0.2, 0.25) is 0 Å². The second-order valence-corrected chi connectivity index (χ2v) is 4.93. The van der Waals surface area contributed by atoms with Crippen LogP contribution in [0.5, 0.6) is 0 Å². The third-order valence-corrected chi connectivity index (χ3v) is 3.19. The molecule has 0 bridgehead atoms. The number of carboxylic acids is 1. The third-order valence-electron chi connectivity index (χ3n) is 3.19. The molecule has 1 N–H and O–H groups in total. The number of likely N-dealkylation sites (tertiary alicyclic amines) is 1. The van der Waals surface area contributed by atoms with Gasteiger partial charge in [-0.1, -0.05) is 6.92 Å². The fraction of sp³-hybridized carbons (Fsp3) is 0.833. The lowest BCUT2D eigenvalue weighted by molar-refractivity contribution is -0.137. The van der Waals surface area contributed by atoms with Crippen molar-refractivity contribution in [2.75, 3.05) is 33.4 Å². The minimum atomic E-state index is -1.00. The molecule has 104 valence electrons. The SMILES string of the molecule is COCCN(CC(=O)O)C(=O)N1CC(C)CC1C. The van der Waals surface area contributed by atoms with Gasteiger partial charge in [0.05, 0.1) is 6.61 Å². The van der Waals surface area contributed by atoms with E-state index in [4.69, 9.17) is 9.84 Å². The zero-order valence-electron chi connectivity index (χ0n) is 11.3. The van der Waals surface area contributed by atoms with Crippen LogP contribution in [-0.4, -0.2) is 66.3 Å².